The molecule has 11 rings (SSSR count). The summed E-state index contributed by atoms with van der Waals surface area (Å²) in [7, 11) is 10.7. The van der Waals surface area contributed by atoms with Crippen molar-refractivity contribution in [1.29, 1.82) is 0 Å². The van der Waals surface area contributed by atoms with Crippen molar-refractivity contribution in [3.63, 3.8) is 0 Å². The summed E-state index contributed by atoms with van der Waals surface area (Å²) < 4.78 is 0. The predicted molar refractivity (Wildman–Crippen MR) is 285 cm³/mol. The maximum atomic E-state index is 4.93. The van der Waals surface area contributed by atoms with Crippen molar-refractivity contribution >= 4 is 58.5 Å². The molecule has 0 aromatic heterocycles. The second-order valence-corrected chi connectivity index (χ2v) is 22.6. The summed E-state index contributed by atoms with van der Waals surface area (Å²) in [6.07, 6.45) is 2.22. The zero-order chi connectivity index (χ0) is 45.8. The molecule has 0 saturated heterocycles. The summed E-state index contributed by atoms with van der Waals surface area (Å²) in [5.41, 5.74) is 16.2. The van der Waals surface area contributed by atoms with E-state index in [4.69, 9.17) is 17.0 Å². The Morgan fingerprint density at radius 2 is 0.864 bits per heavy atom. The SMILES string of the molecule is CC(C)Cc1ccccc1-c1cccc2[cH-]c(-c3ccccc3)cc12.CC(C)Cc1ccccc1-c1cccc2[cH-]c(-c3ccccc3)cc12.[Cl][Zr][Cl].[c-]1cccc2c1[Si]c1ccccc1-2. The number of hydrogen-bond acceptors (Lipinski definition) is 0. The Balaban J connectivity index is 0.000000136. The molecule has 0 aliphatic carbocycles. The molecule has 1 heterocycles. The van der Waals surface area contributed by atoms with Gasteiger partial charge in [0.25, 0.3) is 0 Å². The smallest absolute Gasteiger partial charge is 0.0920 e. The summed E-state index contributed by atoms with van der Waals surface area (Å²) in [5, 5.41) is 8.14. The first kappa shape index (κ1) is 47.2. The average Bonchev–Trinajstić information content (AvgIpc) is 4.09. The van der Waals surface area contributed by atoms with E-state index in [1.165, 1.54) is 98.7 Å². The molecule has 326 valence electrons. The van der Waals surface area contributed by atoms with Crippen LogP contribution in [0.15, 0.2) is 212 Å². The molecular formula is C62H53Cl2SiZr-3. The van der Waals surface area contributed by atoms with Crippen LogP contribution in [0.1, 0.15) is 38.8 Å². The van der Waals surface area contributed by atoms with Crippen LogP contribution in [0.3, 0.4) is 0 Å². The standard InChI is InChI=1S/2C25H23.C12H7Si.2ClH.Zr/c2*1-18(2)15-20-11-6-7-13-23(20)24-14-8-12-21-16-22(17-25(21)24)19-9-4-3-5-10-19;1-3-7-11-9(5-1)10-6-2-4-8-12(10)13-11;;;/h2*3-14,16-18H,15H2,1-2H3;1-7H;2*1H;/q3*-1;;;+2/p-2. The van der Waals surface area contributed by atoms with Crippen LogP contribution in [-0.4, -0.2) is 9.52 Å². The van der Waals surface area contributed by atoms with E-state index in [9.17, 15) is 0 Å². The van der Waals surface area contributed by atoms with Crippen LogP contribution in [0, 0.1) is 17.9 Å². The van der Waals surface area contributed by atoms with Crippen LogP contribution in [0.25, 0.3) is 77.2 Å². The summed E-state index contributed by atoms with van der Waals surface area (Å²) >= 11 is -0.826. The zero-order valence-electron chi connectivity index (χ0n) is 38.0. The Morgan fingerprint density at radius 3 is 1.35 bits per heavy atom. The largest absolute Gasteiger partial charge is 0.184 e. The van der Waals surface area contributed by atoms with Gasteiger partial charge in [0.15, 0.2) is 0 Å². The molecule has 10 aromatic rings. The van der Waals surface area contributed by atoms with Gasteiger partial charge in [0.1, 0.15) is 0 Å². The predicted octanol–water partition coefficient (Wildman–Crippen LogP) is 16.7. The van der Waals surface area contributed by atoms with Gasteiger partial charge in [0, 0.05) is 0 Å². The fourth-order valence-corrected chi connectivity index (χ4v) is 10.4. The Hall–Kier alpha value is -5.34. The van der Waals surface area contributed by atoms with Crippen molar-refractivity contribution in [3.05, 3.63) is 230 Å². The van der Waals surface area contributed by atoms with Crippen molar-refractivity contribution in [2.24, 2.45) is 11.8 Å². The molecule has 2 radical (unpaired) electrons. The van der Waals surface area contributed by atoms with E-state index in [1.54, 1.807) is 0 Å². The Bertz CT molecular complexity index is 2910. The number of hydrogen-bond donors (Lipinski definition) is 0. The van der Waals surface area contributed by atoms with Crippen LogP contribution in [-0.2, 0) is 33.7 Å². The second kappa shape index (κ2) is 22.9. The van der Waals surface area contributed by atoms with E-state index < -0.39 is 20.8 Å². The molecule has 0 saturated carbocycles. The van der Waals surface area contributed by atoms with Crippen molar-refractivity contribution in [2.75, 3.05) is 0 Å². The first-order valence-electron chi connectivity index (χ1n) is 22.8. The molecule has 0 atom stereocenters. The third-order valence-corrected chi connectivity index (χ3v) is 13.3. The molecule has 1 aliphatic rings. The van der Waals surface area contributed by atoms with Crippen molar-refractivity contribution in [1.82, 2.24) is 0 Å². The van der Waals surface area contributed by atoms with Gasteiger partial charge in [-0.1, -0.05) is 218 Å². The summed E-state index contributed by atoms with van der Waals surface area (Å²) in [5.74, 6) is 1.31. The molecule has 0 N–H and O–H groups in total. The Morgan fingerprint density at radius 1 is 0.455 bits per heavy atom. The monoisotopic (exact) mass is 985 g/mol. The van der Waals surface area contributed by atoms with Crippen LogP contribution in [0.2, 0.25) is 0 Å². The van der Waals surface area contributed by atoms with E-state index in [2.05, 4.69) is 240 Å². The van der Waals surface area contributed by atoms with Gasteiger partial charge in [-0.25, -0.2) is 0 Å². The van der Waals surface area contributed by atoms with Crippen molar-refractivity contribution < 1.29 is 20.8 Å². The van der Waals surface area contributed by atoms with E-state index in [0.717, 1.165) is 22.4 Å². The quantitative estimate of drug-likeness (QED) is 0.105. The van der Waals surface area contributed by atoms with Gasteiger partial charge in [0.2, 0.25) is 0 Å². The number of benzene rings is 8. The van der Waals surface area contributed by atoms with Crippen molar-refractivity contribution in [2.45, 2.75) is 40.5 Å². The van der Waals surface area contributed by atoms with Gasteiger partial charge in [0.05, 0.1) is 9.52 Å². The van der Waals surface area contributed by atoms with Gasteiger partial charge < -0.3 is 0 Å². The summed E-state index contributed by atoms with van der Waals surface area (Å²) in [6, 6.07) is 79.7. The molecule has 66 heavy (non-hydrogen) atoms. The van der Waals surface area contributed by atoms with Gasteiger partial charge in [-0.3, -0.25) is 0 Å². The minimum absolute atomic E-state index is 0.653. The summed E-state index contributed by atoms with van der Waals surface area (Å²) in [4.78, 5) is 0. The number of rotatable bonds is 8. The molecule has 0 spiro atoms. The fraction of sp³-hybridized carbons (Fsp3) is 0.129. The topological polar surface area (TPSA) is 0 Å². The molecule has 1 aliphatic heterocycles. The fourth-order valence-electron chi connectivity index (χ4n) is 9.06. The first-order chi connectivity index (χ1) is 32.3. The molecule has 10 aromatic carbocycles. The molecule has 0 nitrogen and oxygen atoms in total. The van der Waals surface area contributed by atoms with Crippen LogP contribution in [0.5, 0.6) is 0 Å². The summed E-state index contributed by atoms with van der Waals surface area (Å²) in [6.45, 7) is 9.14. The number of halogens is 2. The molecule has 0 unspecified atom stereocenters. The minimum atomic E-state index is -0.826. The maximum Gasteiger partial charge on any atom is 0.0920 e. The maximum absolute atomic E-state index is 4.93. The Labute approximate surface area is 413 Å². The van der Waals surface area contributed by atoms with E-state index in [1.807, 2.05) is 6.07 Å². The average molecular weight is 988 g/mol. The van der Waals surface area contributed by atoms with Gasteiger partial charge in [-0.15, -0.1) is 74.6 Å². The van der Waals surface area contributed by atoms with Crippen LogP contribution >= 0.6 is 17.0 Å². The minimum Gasteiger partial charge on any atom is -0.184 e. The van der Waals surface area contributed by atoms with Crippen molar-refractivity contribution in [3.8, 4) is 55.6 Å². The van der Waals surface area contributed by atoms with E-state index in [0.29, 0.717) is 11.8 Å². The normalized spacial score (nSPS) is 11.2. The third-order valence-electron chi connectivity index (χ3n) is 11.9. The van der Waals surface area contributed by atoms with Gasteiger partial charge in [-0.2, -0.15) is 29.5 Å². The molecule has 0 amide bonds. The second-order valence-electron chi connectivity index (χ2n) is 17.5. The molecule has 0 fully saturated rings. The third kappa shape index (κ3) is 11.4. The van der Waals surface area contributed by atoms with E-state index in [-0.39, 0.29) is 0 Å². The van der Waals surface area contributed by atoms with Gasteiger partial charge >= 0.3 is 37.9 Å². The molecule has 4 heteroatoms. The Kier molecular flexibility index (Phi) is 16.4. The first-order valence-corrected chi connectivity index (χ1v) is 30.1. The molecular weight excluding hydrogens is 935 g/mol. The van der Waals surface area contributed by atoms with E-state index >= 15 is 0 Å². The number of fused-ring (bicyclic) bond motifs is 5. The zero-order valence-corrected chi connectivity index (χ0v) is 43.0. The molecule has 0 bridgehead atoms. The van der Waals surface area contributed by atoms with Crippen LogP contribution < -0.4 is 10.4 Å². The van der Waals surface area contributed by atoms with Gasteiger partial charge in [-0.05, 0) is 46.9 Å². The van der Waals surface area contributed by atoms with Crippen LogP contribution in [0.4, 0.5) is 0 Å².